The van der Waals surface area contributed by atoms with E-state index in [0.29, 0.717) is 11.8 Å². The molecule has 0 amide bonds. The van der Waals surface area contributed by atoms with Crippen LogP contribution in [0.5, 0.6) is 0 Å². The molecule has 0 aromatic heterocycles. The first-order valence-electron chi connectivity index (χ1n) is 7.93. The molecule has 2 nitrogen and oxygen atoms in total. The second-order valence-corrected chi connectivity index (χ2v) is 6.71. The molecule has 0 heterocycles. The highest BCUT2D eigenvalue weighted by molar-refractivity contribution is 6.00. The van der Waals surface area contributed by atoms with Gasteiger partial charge in [-0.15, -0.1) is 0 Å². The number of ketones is 1. The maximum absolute atomic E-state index is 12.7. The topological polar surface area (TPSA) is 20.3 Å². The van der Waals surface area contributed by atoms with Gasteiger partial charge in [0, 0.05) is 18.2 Å². The van der Waals surface area contributed by atoms with Crippen molar-refractivity contribution in [3.05, 3.63) is 34.9 Å². The van der Waals surface area contributed by atoms with Gasteiger partial charge in [-0.2, -0.15) is 0 Å². The van der Waals surface area contributed by atoms with Crippen molar-refractivity contribution < 1.29 is 4.79 Å². The third-order valence-electron chi connectivity index (χ3n) is 4.85. The normalized spacial score (nSPS) is 20.2. The molecule has 20 heavy (non-hydrogen) atoms. The van der Waals surface area contributed by atoms with E-state index in [0.717, 1.165) is 18.0 Å². The summed E-state index contributed by atoms with van der Waals surface area (Å²) >= 11 is 0. The van der Waals surface area contributed by atoms with Gasteiger partial charge in [0.1, 0.15) is 0 Å². The second kappa shape index (κ2) is 5.33. The van der Waals surface area contributed by atoms with Crippen molar-refractivity contribution in [3.8, 4) is 0 Å². The summed E-state index contributed by atoms with van der Waals surface area (Å²) in [6, 6.07) is 6.81. The van der Waals surface area contributed by atoms with Crippen LogP contribution in [0.3, 0.4) is 0 Å². The Kier molecular flexibility index (Phi) is 3.68. The number of benzene rings is 1. The van der Waals surface area contributed by atoms with Gasteiger partial charge in [0.25, 0.3) is 0 Å². The van der Waals surface area contributed by atoms with E-state index in [1.165, 1.54) is 36.8 Å². The molecule has 0 bridgehead atoms. The Bertz CT molecular complexity index is 514. The van der Waals surface area contributed by atoms with Crippen molar-refractivity contribution in [1.82, 2.24) is 4.90 Å². The zero-order valence-electron chi connectivity index (χ0n) is 12.9. The van der Waals surface area contributed by atoms with Crippen molar-refractivity contribution >= 4 is 5.78 Å². The Hall–Kier alpha value is -1.15. The Labute approximate surface area is 122 Å². The van der Waals surface area contributed by atoms with Crippen molar-refractivity contribution in [2.75, 3.05) is 6.54 Å². The Balaban J connectivity index is 1.74. The quantitative estimate of drug-likeness (QED) is 0.734. The minimum atomic E-state index is 0.0326. The number of rotatable bonds is 6. The van der Waals surface area contributed by atoms with Gasteiger partial charge in [0.15, 0.2) is 5.78 Å². The van der Waals surface area contributed by atoms with Gasteiger partial charge in [0.2, 0.25) is 0 Å². The Morgan fingerprint density at radius 3 is 2.45 bits per heavy atom. The van der Waals surface area contributed by atoms with Gasteiger partial charge >= 0.3 is 0 Å². The van der Waals surface area contributed by atoms with Crippen LogP contribution in [0.25, 0.3) is 0 Å². The molecule has 1 unspecified atom stereocenters. The zero-order chi connectivity index (χ0) is 14.3. The first-order chi connectivity index (χ1) is 9.56. The van der Waals surface area contributed by atoms with E-state index in [4.69, 9.17) is 0 Å². The molecule has 2 fully saturated rings. The molecular weight excluding hydrogens is 246 g/mol. The third kappa shape index (κ3) is 2.95. The molecule has 0 radical (unpaired) electrons. The SMILES string of the molecule is Cc1ccc(C(=O)C(C)N(CC2CC2)C2CC2)cc1C. The maximum Gasteiger partial charge on any atom is 0.179 e. The molecule has 2 aliphatic carbocycles. The number of carbonyl (C=O) groups is 1. The fraction of sp³-hybridized carbons (Fsp3) is 0.611. The van der Waals surface area contributed by atoms with E-state index in [9.17, 15) is 4.79 Å². The molecule has 2 heteroatoms. The van der Waals surface area contributed by atoms with Crippen LogP contribution in [0.4, 0.5) is 0 Å². The number of Topliss-reactive ketones (excluding diaryl/α,β-unsaturated/α-hetero) is 1. The standard InChI is InChI=1S/C18H25NO/c1-12-4-7-16(10-13(12)2)18(20)14(3)19(17-8-9-17)11-15-5-6-15/h4,7,10,14-15,17H,5-6,8-9,11H2,1-3H3. The number of carbonyl (C=O) groups excluding carboxylic acids is 1. The minimum absolute atomic E-state index is 0.0326. The molecule has 108 valence electrons. The smallest absolute Gasteiger partial charge is 0.179 e. The molecular formula is C18H25NO. The molecule has 0 spiro atoms. The van der Waals surface area contributed by atoms with E-state index in [-0.39, 0.29) is 6.04 Å². The van der Waals surface area contributed by atoms with Crippen molar-refractivity contribution in [2.45, 2.75) is 58.5 Å². The fourth-order valence-electron chi connectivity index (χ4n) is 2.91. The van der Waals surface area contributed by atoms with E-state index in [1.54, 1.807) is 0 Å². The molecule has 3 rings (SSSR count). The Morgan fingerprint density at radius 2 is 1.90 bits per heavy atom. The molecule has 0 saturated heterocycles. The Morgan fingerprint density at radius 1 is 1.20 bits per heavy atom. The lowest BCUT2D eigenvalue weighted by molar-refractivity contribution is 0.0819. The van der Waals surface area contributed by atoms with Crippen LogP contribution in [0.2, 0.25) is 0 Å². The molecule has 0 N–H and O–H groups in total. The number of nitrogens with zero attached hydrogens (tertiary/aromatic N) is 1. The summed E-state index contributed by atoms with van der Waals surface area (Å²) < 4.78 is 0. The lowest BCUT2D eigenvalue weighted by atomic mass is 9.99. The fourth-order valence-corrected chi connectivity index (χ4v) is 2.91. The highest BCUT2D eigenvalue weighted by Crippen LogP contribution is 2.36. The van der Waals surface area contributed by atoms with Gasteiger partial charge in [-0.25, -0.2) is 0 Å². The number of hydrogen-bond donors (Lipinski definition) is 0. The third-order valence-corrected chi connectivity index (χ3v) is 4.85. The average molecular weight is 271 g/mol. The molecule has 1 aromatic rings. The number of hydrogen-bond acceptors (Lipinski definition) is 2. The number of aryl methyl sites for hydroxylation is 2. The molecule has 1 atom stereocenters. The van der Waals surface area contributed by atoms with Crippen LogP contribution >= 0.6 is 0 Å². The zero-order valence-corrected chi connectivity index (χ0v) is 12.9. The van der Waals surface area contributed by atoms with E-state index in [1.807, 2.05) is 6.07 Å². The molecule has 2 aliphatic rings. The van der Waals surface area contributed by atoms with Crippen molar-refractivity contribution in [2.24, 2.45) is 5.92 Å². The van der Waals surface area contributed by atoms with Crippen LogP contribution < -0.4 is 0 Å². The summed E-state index contributed by atoms with van der Waals surface area (Å²) in [6.45, 7) is 7.40. The predicted molar refractivity (Wildman–Crippen MR) is 82.2 cm³/mol. The summed E-state index contributed by atoms with van der Waals surface area (Å²) in [5.74, 6) is 1.14. The van der Waals surface area contributed by atoms with E-state index in [2.05, 4.69) is 37.8 Å². The van der Waals surface area contributed by atoms with Crippen LogP contribution in [0, 0.1) is 19.8 Å². The summed E-state index contributed by atoms with van der Waals surface area (Å²) in [4.78, 5) is 15.2. The molecule has 2 saturated carbocycles. The first kappa shape index (κ1) is 13.8. The minimum Gasteiger partial charge on any atom is -0.292 e. The van der Waals surface area contributed by atoms with Gasteiger partial charge in [-0.3, -0.25) is 9.69 Å². The van der Waals surface area contributed by atoms with Crippen LogP contribution in [0.15, 0.2) is 18.2 Å². The highest BCUT2D eigenvalue weighted by Gasteiger charge is 2.38. The van der Waals surface area contributed by atoms with Gasteiger partial charge in [-0.1, -0.05) is 12.1 Å². The summed E-state index contributed by atoms with van der Waals surface area (Å²) in [5.41, 5.74) is 3.34. The highest BCUT2D eigenvalue weighted by atomic mass is 16.1. The second-order valence-electron chi connectivity index (χ2n) is 6.71. The monoisotopic (exact) mass is 271 g/mol. The maximum atomic E-state index is 12.7. The van der Waals surface area contributed by atoms with E-state index >= 15 is 0 Å². The lowest BCUT2D eigenvalue weighted by Crippen LogP contribution is -2.41. The van der Waals surface area contributed by atoms with Crippen LogP contribution in [0.1, 0.15) is 54.1 Å². The molecule has 0 aliphatic heterocycles. The lowest BCUT2D eigenvalue weighted by Gasteiger charge is -2.28. The summed E-state index contributed by atoms with van der Waals surface area (Å²) in [5, 5.41) is 0. The van der Waals surface area contributed by atoms with Gasteiger partial charge < -0.3 is 0 Å². The largest absolute Gasteiger partial charge is 0.292 e. The van der Waals surface area contributed by atoms with Crippen molar-refractivity contribution in [3.63, 3.8) is 0 Å². The molecule has 1 aromatic carbocycles. The first-order valence-corrected chi connectivity index (χ1v) is 7.93. The van der Waals surface area contributed by atoms with Crippen molar-refractivity contribution in [1.29, 1.82) is 0 Å². The average Bonchev–Trinajstić information content (AvgIpc) is 3.29. The van der Waals surface area contributed by atoms with E-state index < -0.39 is 0 Å². The van der Waals surface area contributed by atoms with Crippen LogP contribution in [-0.4, -0.2) is 29.3 Å². The van der Waals surface area contributed by atoms with Gasteiger partial charge in [-0.05, 0) is 69.6 Å². The summed E-state index contributed by atoms with van der Waals surface area (Å²) in [7, 11) is 0. The van der Waals surface area contributed by atoms with Gasteiger partial charge in [0.05, 0.1) is 6.04 Å². The predicted octanol–water partition coefficient (Wildman–Crippen LogP) is 3.75. The van der Waals surface area contributed by atoms with Crippen LogP contribution in [-0.2, 0) is 0 Å². The summed E-state index contributed by atoms with van der Waals surface area (Å²) in [6.07, 6.45) is 5.26.